The van der Waals surface area contributed by atoms with Gasteiger partial charge in [-0.3, -0.25) is 4.79 Å². The average molecular weight is 508 g/mol. The second kappa shape index (κ2) is 13.2. The summed E-state index contributed by atoms with van der Waals surface area (Å²) in [4.78, 5) is 31.1. The van der Waals surface area contributed by atoms with E-state index in [1.165, 1.54) is 0 Å². The summed E-state index contributed by atoms with van der Waals surface area (Å²) in [5, 5.41) is 58.6. The van der Waals surface area contributed by atoms with Crippen molar-refractivity contribution in [2.45, 2.75) is 44.8 Å². The number of fused-ring (bicyclic) bond motifs is 3. The van der Waals surface area contributed by atoms with Crippen molar-refractivity contribution in [3.05, 3.63) is 30.6 Å². The molecule has 0 radical (unpaired) electrons. The molecule has 3 aromatic rings. The van der Waals surface area contributed by atoms with Crippen LogP contribution in [0, 0.1) is 5.92 Å². The van der Waals surface area contributed by atoms with Crippen LogP contribution in [0.4, 0.5) is 5.82 Å². The summed E-state index contributed by atoms with van der Waals surface area (Å²) in [7, 11) is 1.74. The fourth-order valence-electron chi connectivity index (χ4n) is 3.41. The number of carboxylic acid groups (broad SMARTS) is 1. The molecule has 0 fully saturated rings. The van der Waals surface area contributed by atoms with E-state index in [2.05, 4.69) is 39.0 Å². The molecule has 4 atom stereocenters. The van der Waals surface area contributed by atoms with Crippen LogP contribution >= 0.6 is 0 Å². The second-order valence-electron chi connectivity index (χ2n) is 8.56. The Hall–Kier alpha value is -3.20. The van der Waals surface area contributed by atoms with Crippen LogP contribution < -0.4 is 10.6 Å². The number of anilines is 1. The number of amides is 1. The molecule has 3 rings (SSSR count). The lowest BCUT2D eigenvalue weighted by molar-refractivity contribution is -0.164. The molecule has 13 heteroatoms. The predicted molar refractivity (Wildman–Crippen MR) is 131 cm³/mol. The van der Waals surface area contributed by atoms with Crippen LogP contribution in [0.3, 0.4) is 0 Å². The van der Waals surface area contributed by atoms with Crippen molar-refractivity contribution in [3.8, 4) is 0 Å². The Morgan fingerprint density at radius 3 is 2.33 bits per heavy atom. The Kier molecular flexibility index (Phi) is 10.6. The Labute approximate surface area is 207 Å². The van der Waals surface area contributed by atoms with Crippen molar-refractivity contribution in [1.29, 1.82) is 0 Å². The van der Waals surface area contributed by atoms with E-state index in [0.29, 0.717) is 11.7 Å². The highest BCUT2D eigenvalue weighted by atomic mass is 16.4. The summed E-state index contributed by atoms with van der Waals surface area (Å²) in [6.07, 6.45) is -6.01. The first kappa shape index (κ1) is 29.0. The SMILES string of the molecule is CNCC(=O)Nc1nc2ccccc2c2c1ncn2CC(C)C.O=C(O)[C@H](O)[C@@H](O)[C@H](O)[C@H](O)CO. The zero-order valence-electron chi connectivity index (χ0n) is 20.2. The van der Waals surface area contributed by atoms with Gasteiger partial charge in [-0.25, -0.2) is 14.8 Å². The summed E-state index contributed by atoms with van der Waals surface area (Å²) in [5.41, 5.74) is 2.60. The molecule has 1 amide bonds. The topological polar surface area (TPSA) is 210 Å². The van der Waals surface area contributed by atoms with Gasteiger partial charge < -0.3 is 45.8 Å². The number of rotatable bonds is 10. The molecular formula is C23H33N5O8. The van der Waals surface area contributed by atoms with Crippen molar-refractivity contribution in [1.82, 2.24) is 19.9 Å². The Morgan fingerprint density at radius 1 is 1.08 bits per heavy atom. The molecule has 0 bridgehead atoms. The van der Waals surface area contributed by atoms with Crippen molar-refractivity contribution in [3.63, 3.8) is 0 Å². The highest BCUT2D eigenvalue weighted by Crippen LogP contribution is 2.29. The molecule has 2 heterocycles. The summed E-state index contributed by atoms with van der Waals surface area (Å²) in [6, 6.07) is 7.94. The molecule has 198 valence electrons. The zero-order valence-corrected chi connectivity index (χ0v) is 20.2. The standard InChI is InChI=1S/C17H21N5O.C6H12O7/c1-11(2)9-22-10-19-15-16(22)12-6-4-5-7-13(12)20-17(15)21-14(23)8-18-3;7-1-2(8)3(9)4(10)5(11)6(12)13/h4-7,10-11,18H,8-9H2,1-3H3,(H,20,21,23);2-5,7-11H,1H2,(H,12,13)/t;2-,3-,4+,5-/m.1/s1. The number of nitrogens with one attached hydrogen (secondary N) is 2. The monoisotopic (exact) mass is 507 g/mol. The van der Waals surface area contributed by atoms with Crippen LogP contribution in [-0.4, -0.2) is 102 Å². The van der Waals surface area contributed by atoms with Crippen LogP contribution in [-0.2, 0) is 16.1 Å². The summed E-state index contributed by atoms with van der Waals surface area (Å²) in [5.74, 6) is -0.838. The van der Waals surface area contributed by atoms with Crippen LogP contribution in [0.5, 0.6) is 0 Å². The van der Waals surface area contributed by atoms with Gasteiger partial charge in [-0.05, 0) is 19.0 Å². The third kappa shape index (κ3) is 7.16. The normalized spacial score (nSPS) is 14.7. The minimum atomic E-state index is -2.20. The van der Waals surface area contributed by atoms with Gasteiger partial charge in [0.25, 0.3) is 0 Å². The van der Waals surface area contributed by atoms with Gasteiger partial charge in [-0.15, -0.1) is 0 Å². The molecule has 0 aliphatic carbocycles. The van der Waals surface area contributed by atoms with Crippen LogP contribution in [0.15, 0.2) is 30.6 Å². The number of aromatic nitrogens is 3. The summed E-state index contributed by atoms with van der Waals surface area (Å²) < 4.78 is 2.14. The average Bonchev–Trinajstić information content (AvgIpc) is 3.26. The zero-order chi connectivity index (χ0) is 27.0. The van der Waals surface area contributed by atoms with Gasteiger partial charge in [0.15, 0.2) is 11.9 Å². The molecule has 8 N–H and O–H groups in total. The van der Waals surface area contributed by atoms with Gasteiger partial charge in [-0.1, -0.05) is 32.0 Å². The maximum Gasteiger partial charge on any atom is 0.335 e. The van der Waals surface area contributed by atoms with Crippen molar-refractivity contribution in [2.75, 3.05) is 25.5 Å². The number of hydrogen-bond acceptors (Lipinski definition) is 10. The van der Waals surface area contributed by atoms with Crippen molar-refractivity contribution >= 4 is 39.6 Å². The van der Waals surface area contributed by atoms with E-state index in [1.807, 2.05) is 30.6 Å². The molecule has 0 spiro atoms. The molecule has 0 aliphatic heterocycles. The van der Waals surface area contributed by atoms with Gasteiger partial charge in [0, 0.05) is 11.9 Å². The number of benzene rings is 1. The molecule has 13 nitrogen and oxygen atoms in total. The first-order chi connectivity index (χ1) is 17.0. The summed E-state index contributed by atoms with van der Waals surface area (Å²) >= 11 is 0. The highest BCUT2D eigenvalue weighted by molar-refractivity contribution is 6.09. The van der Waals surface area contributed by atoms with E-state index < -0.39 is 37.0 Å². The Balaban J connectivity index is 0.000000302. The lowest BCUT2D eigenvalue weighted by atomic mass is 10.0. The van der Waals surface area contributed by atoms with E-state index in [-0.39, 0.29) is 12.5 Å². The maximum atomic E-state index is 11.9. The summed E-state index contributed by atoms with van der Waals surface area (Å²) in [6.45, 7) is 4.61. The second-order valence-corrected chi connectivity index (χ2v) is 8.56. The molecule has 0 saturated carbocycles. The molecular weight excluding hydrogens is 474 g/mol. The van der Waals surface area contributed by atoms with E-state index >= 15 is 0 Å². The van der Waals surface area contributed by atoms with Gasteiger partial charge in [0.1, 0.15) is 23.8 Å². The number of aliphatic hydroxyl groups excluding tert-OH is 5. The van der Waals surface area contributed by atoms with E-state index in [9.17, 15) is 9.59 Å². The number of aliphatic hydroxyl groups is 5. The number of imidazole rings is 1. The molecule has 0 saturated heterocycles. The number of nitrogens with zero attached hydrogens (tertiary/aromatic N) is 3. The van der Waals surface area contributed by atoms with E-state index in [1.54, 1.807) is 7.05 Å². The van der Waals surface area contributed by atoms with Gasteiger partial charge in [0.05, 0.1) is 30.5 Å². The Bertz CT molecular complexity index is 1170. The molecule has 2 aromatic heterocycles. The number of para-hydroxylation sites is 1. The number of likely N-dealkylation sites (N-methyl/N-ethyl adjacent to an activating group) is 1. The number of carbonyl (C=O) groups excluding carboxylic acids is 1. The predicted octanol–water partition coefficient (Wildman–Crippen LogP) is -1.09. The molecule has 36 heavy (non-hydrogen) atoms. The number of aliphatic carboxylic acids is 1. The third-order valence-electron chi connectivity index (χ3n) is 5.12. The van der Waals surface area contributed by atoms with Gasteiger partial charge in [-0.2, -0.15) is 0 Å². The van der Waals surface area contributed by atoms with Gasteiger partial charge in [0.2, 0.25) is 5.91 Å². The number of pyridine rings is 1. The quantitative estimate of drug-likeness (QED) is 0.165. The minimum absolute atomic E-state index is 0.130. The van der Waals surface area contributed by atoms with Crippen molar-refractivity contribution in [2.24, 2.45) is 5.92 Å². The smallest absolute Gasteiger partial charge is 0.335 e. The fraction of sp³-hybridized carbons (Fsp3) is 0.478. The van der Waals surface area contributed by atoms with E-state index in [0.717, 1.165) is 28.5 Å². The van der Waals surface area contributed by atoms with Crippen LogP contribution in [0.25, 0.3) is 21.9 Å². The Morgan fingerprint density at radius 2 is 1.75 bits per heavy atom. The third-order valence-corrected chi connectivity index (χ3v) is 5.12. The van der Waals surface area contributed by atoms with Crippen LogP contribution in [0.2, 0.25) is 0 Å². The fourth-order valence-corrected chi connectivity index (χ4v) is 3.41. The number of hydrogen-bond donors (Lipinski definition) is 8. The maximum absolute atomic E-state index is 11.9. The van der Waals surface area contributed by atoms with Crippen LogP contribution in [0.1, 0.15) is 13.8 Å². The largest absolute Gasteiger partial charge is 0.479 e. The molecule has 1 aromatic carbocycles. The molecule has 0 unspecified atom stereocenters. The number of carboxylic acids is 1. The van der Waals surface area contributed by atoms with E-state index in [4.69, 9.17) is 30.6 Å². The molecule has 0 aliphatic rings. The lowest BCUT2D eigenvalue weighted by Crippen LogP contribution is -2.48. The van der Waals surface area contributed by atoms with Gasteiger partial charge >= 0.3 is 5.97 Å². The lowest BCUT2D eigenvalue weighted by Gasteiger charge is -2.23. The number of carbonyl (C=O) groups is 2. The minimum Gasteiger partial charge on any atom is -0.479 e. The highest BCUT2D eigenvalue weighted by Gasteiger charge is 2.33. The first-order valence-corrected chi connectivity index (χ1v) is 11.3. The first-order valence-electron chi connectivity index (χ1n) is 11.3. The van der Waals surface area contributed by atoms with Crippen molar-refractivity contribution < 1.29 is 40.2 Å².